The van der Waals surface area contributed by atoms with Crippen molar-refractivity contribution < 1.29 is 9.47 Å². The topological polar surface area (TPSA) is 56.5 Å². The quantitative estimate of drug-likeness (QED) is 0.825. The Morgan fingerprint density at radius 1 is 1.18 bits per heavy atom. The van der Waals surface area contributed by atoms with Gasteiger partial charge in [0.25, 0.3) is 0 Å². The van der Waals surface area contributed by atoms with Crippen molar-refractivity contribution in [3.63, 3.8) is 0 Å². The number of benzene rings is 1. The van der Waals surface area contributed by atoms with Gasteiger partial charge in [-0.3, -0.25) is 0 Å². The molecule has 4 heteroatoms. The molecule has 94 valence electrons. The summed E-state index contributed by atoms with van der Waals surface area (Å²) in [5, 5.41) is 3.38. The van der Waals surface area contributed by atoms with Gasteiger partial charge in [0, 0.05) is 24.6 Å². The first-order valence-electron chi connectivity index (χ1n) is 5.94. The Morgan fingerprint density at radius 3 is 2.35 bits per heavy atom. The second kappa shape index (κ2) is 5.38. The summed E-state index contributed by atoms with van der Waals surface area (Å²) < 4.78 is 10.6. The second-order valence-corrected chi connectivity index (χ2v) is 4.41. The largest absolute Gasteiger partial charge is 0.497 e. The van der Waals surface area contributed by atoms with Crippen LogP contribution < -0.4 is 20.5 Å². The fourth-order valence-corrected chi connectivity index (χ4v) is 2.29. The molecule has 1 aromatic carbocycles. The Balaban J connectivity index is 2.29. The van der Waals surface area contributed by atoms with Crippen molar-refractivity contribution >= 4 is 0 Å². The van der Waals surface area contributed by atoms with Gasteiger partial charge in [0.05, 0.1) is 14.2 Å². The minimum Gasteiger partial charge on any atom is -0.497 e. The van der Waals surface area contributed by atoms with E-state index >= 15 is 0 Å². The normalized spacial score (nSPS) is 24.4. The van der Waals surface area contributed by atoms with Gasteiger partial charge in [0.15, 0.2) is 0 Å². The summed E-state index contributed by atoms with van der Waals surface area (Å²) in [5.74, 6) is 1.96. The fourth-order valence-electron chi connectivity index (χ4n) is 2.29. The maximum atomic E-state index is 6.17. The van der Waals surface area contributed by atoms with Crippen molar-refractivity contribution in [3.05, 3.63) is 23.8 Å². The number of hydrogen-bond acceptors (Lipinski definition) is 4. The zero-order chi connectivity index (χ0) is 12.3. The highest BCUT2D eigenvalue weighted by atomic mass is 16.5. The van der Waals surface area contributed by atoms with Gasteiger partial charge in [-0.1, -0.05) is 0 Å². The Bertz CT molecular complexity index is 359. The molecular weight excluding hydrogens is 216 g/mol. The number of rotatable bonds is 3. The van der Waals surface area contributed by atoms with E-state index < -0.39 is 0 Å². The predicted octanol–water partition coefficient (Wildman–Crippen LogP) is 1.11. The highest BCUT2D eigenvalue weighted by molar-refractivity contribution is 5.40. The van der Waals surface area contributed by atoms with E-state index in [-0.39, 0.29) is 6.04 Å². The molecule has 1 saturated heterocycles. The SMILES string of the molecule is COc1cc(OC)cc(C2CNCCC2N)c1. The minimum absolute atomic E-state index is 0.202. The van der Waals surface area contributed by atoms with E-state index in [0.29, 0.717) is 5.92 Å². The first kappa shape index (κ1) is 12.2. The van der Waals surface area contributed by atoms with E-state index in [1.54, 1.807) is 14.2 Å². The lowest BCUT2D eigenvalue weighted by Crippen LogP contribution is -2.43. The molecule has 0 saturated carbocycles. The van der Waals surface area contributed by atoms with Crippen molar-refractivity contribution in [1.29, 1.82) is 0 Å². The van der Waals surface area contributed by atoms with Crippen molar-refractivity contribution in [2.24, 2.45) is 5.73 Å². The molecule has 0 aliphatic carbocycles. The number of ether oxygens (including phenoxy) is 2. The lowest BCUT2D eigenvalue weighted by molar-refractivity contribution is 0.381. The van der Waals surface area contributed by atoms with Gasteiger partial charge in [-0.15, -0.1) is 0 Å². The van der Waals surface area contributed by atoms with Crippen molar-refractivity contribution in [3.8, 4) is 11.5 Å². The molecule has 3 N–H and O–H groups in total. The minimum atomic E-state index is 0.202. The van der Waals surface area contributed by atoms with Crippen LogP contribution in [-0.2, 0) is 0 Å². The molecule has 2 atom stereocenters. The van der Waals surface area contributed by atoms with Gasteiger partial charge in [0.1, 0.15) is 11.5 Å². The molecule has 0 bridgehead atoms. The van der Waals surface area contributed by atoms with Gasteiger partial charge < -0.3 is 20.5 Å². The lowest BCUT2D eigenvalue weighted by atomic mass is 9.87. The Labute approximate surface area is 102 Å². The van der Waals surface area contributed by atoms with Crippen molar-refractivity contribution in [2.75, 3.05) is 27.3 Å². The second-order valence-electron chi connectivity index (χ2n) is 4.41. The summed E-state index contributed by atoms with van der Waals surface area (Å²) in [6.07, 6.45) is 1.00. The van der Waals surface area contributed by atoms with Gasteiger partial charge >= 0.3 is 0 Å². The molecule has 0 radical (unpaired) electrons. The molecule has 1 aliphatic heterocycles. The average molecular weight is 236 g/mol. The van der Waals surface area contributed by atoms with Crippen LogP contribution in [0.25, 0.3) is 0 Å². The molecule has 1 aromatic rings. The molecule has 1 fully saturated rings. The number of nitrogens with one attached hydrogen (secondary N) is 1. The summed E-state index contributed by atoms with van der Waals surface area (Å²) in [6, 6.07) is 6.17. The Morgan fingerprint density at radius 2 is 1.82 bits per heavy atom. The standard InChI is InChI=1S/C13H20N2O2/c1-16-10-5-9(6-11(7-10)17-2)12-8-15-4-3-13(12)14/h5-7,12-13,15H,3-4,8,14H2,1-2H3. The molecule has 1 heterocycles. The van der Waals surface area contributed by atoms with Gasteiger partial charge in [0.2, 0.25) is 0 Å². The fraction of sp³-hybridized carbons (Fsp3) is 0.538. The summed E-state index contributed by atoms with van der Waals surface area (Å²) in [6.45, 7) is 1.91. The maximum absolute atomic E-state index is 6.17. The molecular formula is C13H20N2O2. The van der Waals surface area contributed by atoms with Crippen LogP contribution in [0.2, 0.25) is 0 Å². The average Bonchev–Trinajstić information content (AvgIpc) is 2.38. The summed E-state index contributed by atoms with van der Waals surface area (Å²) in [7, 11) is 3.33. The number of hydrogen-bond donors (Lipinski definition) is 2. The number of nitrogens with two attached hydrogens (primary N) is 1. The summed E-state index contributed by atoms with van der Waals surface area (Å²) >= 11 is 0. The van der Waals surface area contributed by atoms with Crippen molar-refractivity contribution in [1.82, 2.24) is 5.32 Å². The van der Waals surface area contributed by atoms with Crippen LogP contribution >= 0.6 is 0 Å². The highest BCUT2D eigenvalue weighted by Crippen LogP contribution is 2.30. The zero-order valence-corrected chi connectivity index (χ0v) is 10.4. The van der Waals surface area contributed by atoms with E-state index in [1.165, 1.54) is 5.56 Å². The van der Waals surface area contributed by atoms with E-state index in [2.05, 4.69) is 5.32 Å². The predicted molar refractivity (Wildman–Crippen MR) is 67.7 cm³/mol. The van der Waals surface area contributed by atoms with Gasteiger partial charge in [-0.25, -0.2) is 0 Å². The third-order valence-electron chi connectivity index (χ3n) is 3.34. The van der Waals surface area contributed by atoms with Crippen LogP contribution in [0, 0.1) is 0 Å². The van der Waals surface area contributed by atoms with Crippen molar-refractivity contribution in [2.45, 2.75) is 18.4 Å². The van der Waals surface area contributed by atoms with E-state index in [1.807, 2.05) is 18.2 Å². The maximum Gasteiger partial charge on any atom is 0.122 e. The lowest BCUT2D eigenvalue weighted by Gasteiger charge is -2.30. The number of piperidine rings is 1. The van der Waals surface area contributed by atoms with E-state index in [9.17, 15) is 0 Å². The zero-order valence-electron chi connectivity index (χ0n) is 10.4. The van der Waals surface area contributed by atoms with Crippen LogP contribution in [0.5, 0.6) is 11.5 Å². The van der Waals surface area contributed by atoms with Crippen LogP contribution in [0.3, 0.4) is 0 Å². The summed E-state index contributed by atoms with van der Waals surface area (Å²) in [4.78, 5) is 0. The van der Waals surface area contributed by atoms with Crippen LogP contribution in [-0.4, -0.2) is 33.4 Å². The van der Waals surface area contributed by atoms with E-state index in [0.717, 1.165) is 31.0 Å². The Hall–Kier alpha value is -1.26. The molecule has 2 rings (SSSR count). The van der Waals surface area contributed by atoms with E-state index in [4.69, 9.17) is 15.2 Å². The van der Waals surface area contributed by atoms with Gasteiger partial charge in [-0.05, 0) is 30.7 Å². The van der Waals surface area contributed by atoms with Crippen LogP contribution in [0.1, 0.15) is 17.9 Å². The highest BCUT2D eigenvalue weighted by Gasteiger charge is 2.24. The molecule has 17 heavy (non-hydrogen) atoms. The first-order valence-corrected chi connectivity index (χ1v) is 5.94. The molecule has 0 spiro atoms. The molecule has 0 amide bonds. The van der Waals surface area contributed by atoms with Gasteiger partial charge in [-0.2, -0.15) is 0 Å². The third kappa shape index (κ3) is 2.70. The number of methoxy groups -OCH3 is 2. The third-order valence-corrected chi connectivity index (χ3v) is 3.34. The monoisotopic (exact) mass is 236 g/mol. The first-order chi connectivity index (χ1) is 8.24. The van der Waals surface area contributed by atoms with Crippen LogP contribution in [0.4, 0.5) is 0 Å². The molecule has 0 aromatic heterocycles. The smallest absolute Gasteiger partial charge is 0.122 e. The van der Waals surface area contributed by atoms with Crippen LogP contribution in [0.15, 0.2) is 18.2 Å². The molecule has 2 unspecified atom stereocenters. The molecule has 4 nitrogen and oxygen atoms in total. The molecule has 1 aliphatic rings. The summed E-state index contributed by atoms with van der Waals surface area (Å²) in [5.41, 5.74) is 7.35. The Kier molecular flexibility index (Phi) is 3.86.